The maximum absolute atomic E-state index is 13.7. The van der Waals surface area contributed by atoms with Crippen molar-refractivity contribution >= 4 is 45.1 Å². The van der Waals surface area contributed by atoms with Gasteiger partial charge in [0.05, 0.1) is 4.90 Å². The average molecular weight is 473 g/mol. The first-order valence-electron chi connectivity index (χ1n) is 9.84. The monoisotopic (exact) mass is 472 g/mol. The van der Waals surface area contributed by atoms with Crippen molar-refractivity contribution in [2.24, 2.45) is 5.92 Å². The van der Waals surface area contributed by atoms with Crippen molar-refractivity contribution in [1.82, 2.24) is 9.21 Å². The van der Waals surface area contributed by atoms with Crippen LogP contribution in [0.2, 0.25) is 10.0 Å². The third-order valence-electron chi connectivity index (χ3n) is 6.44. The Labute approximate surface area is 185 Å². The number of piperidine rings is 1. The Morgan fingerprint density at radius 1 is 1.10 bits per heavy atom. The summed E-state index contributed by atoms with van der Waals surface area (Å²) in [5.74, 6) is -1.88. The Bertz CT molecular complexity index is 994. The lowest BCUT2D eigenvalue weighted by molar-refractivity contribution is -0.150. The van der Waals surface area contributed by atoms with Crippen LogP contribution >= 0.6 is 23.2 Å². The molecule has 3 aliphatic rings. The Balaban J connectivity index is 1.86. The molecule has 3 fully saturated rings. The second kappa shape index (κ2) is 7.82. The topological polar surface area (TPSA) is 95.0 Å². The number of carboxylic acids is 1. The van der Waals surface area contributed by atoms with E-state index >= 15 is 0 Å². The highest BCUT2D eigenvalue weighted by molar-refractivity contribution is 7.89. The fourth-order valence-corrected chi connectivity index (χ4v) is 7.85. The van der Waals surface area contributed by atoms with Crippen LogP contribution in [0.1, 0.15) is 32.1 Å². The van der Waals surface area contributed by atoms with E-state index in [4.69, 9.17) is 23.2 Å². The number of sulfonamides is 1. The Morgan fingerprint density at radius 3 is 2.37 bits per heavy atom. The Hall–Kier alpha value is -1.61. The van der Waals surface area contributed by atoms with E-state index in [2.05, 4.69) is 6.58 Å². The van der Waals surface area contributed by atoms with Gasteiger partial charge in [0.2, 0.25) is 15.9 Å². The fraction of sp³-hybridized carbons (Fsp3) is 0.500. The van der Waals surface area contributed by atoms with Crippen LogP contribution in [0.4, 0.5) is 0 Å². The van der Waals surface area contributed by atoms with Gasteiger partial charge in [-0.3, -0.25) is 4.79 Å². The molecule has 7 nitrogen and oxygen atoms in total. The number of halogens is 2. The minimum Gasteiger partial charge on any atom is -0.480 e. The van der Waals surface area contributed by atoms with Crippen molar-refractivity contribution in [3.8, 4) is 0 Å². The maximum atomic E-state index is 13.7. The fourth-order valence-electron chi connectivity index (χ4n) is 5.26. The van der Waals surface area contributed by atoms with Gasteiger partial charge in [-0.2, -0.15) is 4.31 Å². The van der Waals surface area contributed by atoms with Gasteiger partial charge in [0.1, 0.15) is 12.1 Å². The molecule has 1 aromatic carbocycles. The van der Waals surface area contributed by atoms with Crippen LogP contribution < -0.4 is 0 Å². The minimum absolute atomic E-state index is 0.0793. The highest BCUT2D eigenvalue weighted by atomic mass is 35.5. The Kier molecular flexibility index (Phi) is 5.63. The number of carboxylic acid groups (broad SMARTS) is 1. The van der Waals surface area contributed by atoms with Crippen LogP contribution in [-0.2, 0) is 19.6 Å². The molecule has 3 aliphatic heterocycles. The first kappa shape index (κ1) is 21.6. The van der Waals surface area contributed by atoms with Crippen LogP contribution in [0.15, 0.2) is 35.7 Å². The predicted molar refractivity (Wildman–Crippen MR) is 112 cm³/mol. The summed E-state index contributed by atoms with van der Waals surface area (Å²) < 4.78 is 28.6. The molecule has 0 aliphatic carbocycles. The van der Waals surface area contributed by atoms with Crippen molar-refractivity contribution in [3.63, 3.8) is 0 Å². The molecule has 1 unspecified atom stereocenters. The van der Waals surface area contributed by atoms with Crippen LogP contribution in [0.5, 0.6) is 0 Å². The summed E-state index contributed by atoms with van der Waals surface area (Å²) in [6, 6.07) is 1.29. The van der Waals surface area contributed by atoms with E-state index < -0.39 is 40.0 Å². The average Bonchev–Trinajstić information content (AvgIpc) is 3.10. The minimum atomic E-state index is -4.11. The first-order valence-corrected chi connectivity index (χ1v) is 12.0. The van der Waals surface area contributed by atoms with Crippen LogP contribution in [0, 0.1) is 5.92 Å². The van der Waals surface area contributed by atoms with E-state index in [1.807, 2.05) is 0 Å². The number of hydrogen-bond acceptors (Lipinski definition) is 4. The molecule has 0 radical (unpaired) electrons. The summed E-state index contributed by atoms with van der Waals surface area (Å²) >= 11 is 12.1. The molecule has 1 amide bonds. The van der Waals surface area contributed by atoms with Crippen LogP contribution in [0.3, 0.4) is 0 Å². The number of fused-ring (bicyclic) bond motifs is 3. The van der Waals surface area contributed by atoms with Crippen molar-refractivity contribution in [3.05, 3.63) is 40.9 Å². The SMILES string of the molecule is C=C[C@H]1[C@@H]2CC[C@@H](C(=O)O)N2C(=O)C2CCC[C@@H]1N2S(=O)(=O)c1cc(Cl)cc(Cl)c1. The molecule has 5 atom stereocenters. The quantitative estimate of drug-likeness (QED) is 0.678. The lowest BCUT2D eigenvalue weighted by Gasteiger charge is -2.40. The van der Waals surface area contributed by atoms with Gasteiger partial charge in [-0.05, 0) is 50.3 Å². The highest BCUT2D eigenvalue weighted by Crippen LogP contribution is 2.44. The third-order valence-corrected chi connectivity index (χ3v) is 8.79. The highest BCUT2D eigenvalue weighted by Gasteiger charge is 2.56. The number of rotatable bonds is 4. The summed E-state index contributed by atoms with van der Waals surface area (Å²) in [5.41, 5.74) is 0. The maximum Gasteiger partial charge on any atom is 0.326 e. The van der Waals surface area contributed by atoms with Gasteiger partial charge in [-0.1, -0.05) is 29.3 Å². The van der Waals surface area contributed by atoms with Crippen molar-refractivity contribution < 1.29 is 23.1 Å². The molecule has 30 heavy (non-hydrogen) atoms. The summed E-state index contributed by atoms with van der Waals surface area (Å²) in [4.78, 5) is 26.6. The summed E-state index contributed by atoms with van der Waals surface area (Å²) in [5, 5.41) is 10.0. The normalized spacial score (nSPS) is 31.9. The van der Waals surface area contributed by atoms with Gasteiger partial charge < -0.3 is 10.0 Å². The number of hydrogen-bond donors (Lipinski definition) is 1. The van der Waals surface area contributed by atoms with Gasteiger partial charge in [-0.15, -0.1) is 6.58 Å². The smallest absolute Gasteiger partial charge is 0.326 e. The summed E-state index contributed by atoms with van der Waals surface area (Å²) in [7, 11) is -4.11. The number of carbonyl (C=O) groups excluding carboxylic acids is 1. The van der Waals surface area contributed by atoms with Crippen LogP contribution in [0.25, 0.3) is 0 Å². The largest absolute Gasteiger partial charge is 0.480 e. The van der Waals surface area contributed by atoms with E-state index in [9.17, 15) is 23.1 Å². The zero-order valence-corrected chi connectivity index (χ0v) is 18.4. The van der Waals surface area contributed by atoms with Gasteiger partial charge in [0.25, 0.3) is 0 Å². The molecular weight excluding hydrogens is 451 g/mol. The van der Waals surface area contributed by atoms with Gasteiger partial charge >= 0.3 is 5.97 Å². The van der Waals surface area contributed by atoms with E-state index in [-0.39, 0.29) is 26.9 Å². The molecule has 1 N–H and O–H groups in total. The number of benzene rings is 1. The van der Waals surface area contributed by atoms with Crippen molar-refractivity contribution in [1.29, 1.82) is 0 Å². The molecule has 3 saturated heterocycles. The van der Waals surface area contributed by atoms with Crippen molar-refractivity contribution in [2.75, 3.05) is 0 Å². The number of carbonyl (C=O) groups is 2. The van der Waals surface area contributed by atoms with E-state index in [0.29, 0.717) is 32.1 Å². The number of amides is 1. The van der Waals surface area contributed by atoms with E-state index in [1.165, 1.54) is 27.4 Å². The molecule has 0 saturated carbocycles. The van der Waals surface area contributed by atoms with E-state index in [1.54, 1.807) is 6.08 Å². The predicted octanol–water partition coefficient (Wildman–Crippen LogP) is 3.17. The molecular formula is C20H22Cl2N2O5S. The third kappa shape index (κ3) is 3.34. The first-order chi connectivity index (χ1) is 14.2. The van der Waals surface area contributed by atoms with Crippen molar-refractivity contribution in [2.45, 2.75) is 61.2 Å². The zero-order chi connectivity index (χ0) is 21.8. The van der Waals surface area contributed by atoms with Gasteiger partial charge in [-0.25, -0.2) is 13.2 Å². The molecule has 3 heterocycles. The Morgan fingerprint density at radius 2 is 1.77 bits per heavy atom. The number of aliphatic carboxylic acids is 1. The lowest BCUT2D eigenvalue weighted by atomic mass is 9.85. The molecule has 2 bridgehead atoms. The second-order valence-electron chi connectivity index (χ2n) is 8.01. The van der Waals surface area contributed by atoms with Gasteiger partial charge in [0.15, 0.2) is 0 Å². The van der Waals surface area contributed by atoms with Crippen LogP contribution in [-0.4, -0.2) is 58.8 Å². The summed E-state index contributed by atoms with van der Waals surface area (Å²) in [6.07, 6.45) is 4.09. The standard InChI is InChI=1S/C20H22Cl2N2O5S/c1-2-14-15-6-7-18(20(26)27)23(15)19(25)17-5-3-4-16(14)24(17)30(28,29)13-9-11(21)8-12(22)10-13/h2,8-10,14-18H,1,3-7H2,(H,26,27)/t14-,15-,16-,17?,18-/m0/s1. The molecule has 1 aromatic rings. The van der Waals surface area contributed by atoms with E-state index in [0.717, 1.165) is 0 Å². The van der Waals surface area contributed by atoms with Gasteiger partial charge in [0, 0.05) is 28.0 Å². The molecule has 4 rings (SSSR count). The second-order valence-corrected chi connectivity index (χ2v) is 10.7. The summed E-state index contributed by atoms with van der Waals surface area (Å²) in [6.45, 7) is 3.90. The molecule has 0 aromatic heterocycles. The number of nitrogens with zero attached hydrogens (tertiary/aromatic N) is 2. The molecule has 10 heteroatoms. The molecule has 0 spiro atoms. The lowest BCUT2D eigenvalue weighted by Crippen LogP contribution is -2.55. The molecule has 162 valence electrons. The zero-order valence-electron chi connectivity index (χ0n) is 16.1.